The Labute approximate surface area is 87.0 Å². The molecule has 3 fully saturated rings. The number of nitrogens with zero attached hydrogens (tertiary/aromatic N) is 1. The molecule has 3 aliphatic rings. The third kappa shape index (κ3) is 1.59. The maximum atomic E-state index is 3.48. The van der Waals surface area contributed by atoms with E-state index in [1.807, 2.05) is 0 Å². The Morgan fingerprint density at radius 3 is 2.64 bits per heavy atom. The van der Waals surface area contributed by atoms with Gasteiger partial charge in [-0.3, -0.25) is 0 Å². The Balaban J connectivity index is 1.51. The summed E-state index contributed by atoms with van der Waals surface area (Å²) in [5, 5.41) is 3.48. The number of nitrogens with one attached hydrogen (secondary N) is 1. The third-order valence-corrected chi connectivity index (χ3v) is 4.64. The highest BCUT2D eigenvalue weighted by Crippen LogP contribution is 2.58. The number of hydrogen-bond acceptors (Lipinski definition) is 2. The van der Waals surface area contributed by atoms with Crippen LogP contribution in [-0.4, -0.2) is 37.6 Å². The summed E-state index contributed by atoms with van der Waals surface area (Å²) in [5.74, 6) is 1.04. The van der Waals surface area contributed by atoms with Crippen molar-refractivity contribution >= 4 is 0 Å². The van der Waals surface area contributed by atoms with Crippen LogP contribution in [0, 0.1) is 11.3 Å². The number of piperidine rings is 1. The van der Waals surface area contributed by atoms with Crippen LogP contribution in [-0.2, 0) is 0 Å². The fraction of sp³-hybridized carbons (Fsp3) is 1.00. The summed E-state index contributed by atoms with van der Waals surface area (Å²) in [6, 6.07) is 0.953. The minimum Gasteiger partial charge on any atom is -0.317 e. The molecule has 14 heavy (non-hydrogen) atoms. The Morgan fingerprint density at radius 2 is 2.00 bits per heavy atom. The average Bonchev–Trinajstić information content (AvgIpc) is 3.06. The summed E-state index contributed by atoms with van der Waals surface area (Å²) in [7, 11) is 2.32. The Kier molecular flexibility index (Phi) is 2.10. The molecule has 2 nitrogen and oxygen atoms in total. The van der Waals surface area contributed by atoms with Gasteiger partial charge in [0.25, 0.3) is 0 Å². The van der Waals surface area contributed by atoms with Gasteiger partial charge in [0.05, 0.1) is 0 Å². The highest BCUT2D eigenvalue weighted by Gasteiger charge is 2.54. The number of hydrogen-bond donors (Lipinski definition) is 1. The quantitative estimate of drug-likeness (QED) is 0.732. The lowest BCUT2D eigenvalue weighted by molar-refractivity contribution is 0.256. The van der Waals surface area contributed by atoms with Gasteiger partial charge in [-0.25, -0.2) is 0 Å². The van der Waals surface area contributed by atoms with Crippen molar-refractivity contribution < 1.29 is 0 Å². The van der Waals surface area contributed by atoms with Crippen molar-refractivity contribution in [2.45, 2.75) is 38.1 Å². The molecule has 2 saturated carbocycles. The minimum atomic E-state index is 0.786. The minimum absolute atomic E-state index is 0.786. The summed E-state index contributed by atoms with van der Waals surface area (Å²) in [5.41, 5.74) is 0.786. The maximum Gasteiger partial charge on any atom is 0.00934 e. The summed E-state index contributed by atoms with van der Waals surface area (Å²) in [4.78, 5) is 2.61. The van der Waals surface area contributed by atoms with E-state index in [0.29, 0.717) is 0 Å². The van der Waals surface area contributed by atoms with Gasteiger partial charge in [-0.05, 0) is 63.6 Å². The van der Waals surface area contributed by atoms with Crippen LogP contribution in [0.5, 0.6) is 0 Å². The average molecular weight is 194 g/mol. The molecule has 2 heteroatoms. The smallest absolute Gasteiger partial charge is 0.00934 e. The van der Waals surface area contributed by atoms with Crippen molar-refractivity contribution in [1.82, 2.24) is 10.2 Å². The second-order valence-corrected chi connectivity index (χ2v) is 5.68. The van der Waals surface area contributed by atoms with Gasteiger partial charge in [-0.1, -0.05) is 0 Å². The fourth-order valence-electron chi connectivity index (χ4n) is 3.24. The summed E-state index contributed by atoms with van der Waals surface area (Å²) >= 11 is 0. The van der Waals surface area contributed by atoms with Crippen molar-refractivity contribution in [3.63, 3.8) is 0 Å². The van der Waals surface area contributed by atoms with Crippen LogP contribution < -0.4 is 5.32 Å². The molecule has 1 atom stereocenters. The van der Waals surface area contributed by atoms with E-state index in [1.165, 1.54) is 51.7 Å². The first kappa shape index (κ1) is 9.17. The Bertz CT molecular complexity index is 216. The monoisotopic (exact) mass is 194 g/mol. The summed E-state index contributed by atoms with van der Waals surface area (Å²) in [6.45, 7) is 3.91. The van der Waals surface area contributed by atoms with Crippen molar-refractivity contribution in [3.8, 4) is 0 Å². The van der Waals surface area contributed by atoms with E-state index >= 15 is 0 Å². The van der Waals surface area contributed by atoms with Crippen molar-refractivity contribution in [1.29, 1.82) is 0 Å². The van der Waals surface area contributed by atoms with Gasteiger partial charge in [-0.2, -0.15) is 0 Å². The molecule has 1 heterocycles. The third-order valence-electron chi connectivity index (χ3n) is 4.64. The highest BCUT2D eigenvalue weighted by molar-refractivity contribution is 5.05. The SMILES string of the molecule is CN(C[C@H]1CC12CCNCC2)C1CC1. The van der Waals surface area contributed by atoms with E-state index in [2.05, 4.69) is 17.3 Å². The molecule has 2 aliphatic carbocycles. The zero-order valence-electron chi connectivity index (χ0n) is 9.26. The van der Waals surface area contributed by atoms with Crippen LogP contribution in [0.3, 0.4) is 0 Å². The molecule has 80 valence electrons. The highest BCUT2D eigenvalue weighted by atomic mass is 15.2. The molecular weight excluding hydrogens is 172 g/mol. The predicted molar refractivity (Wildman–Crippen MR) is 58.3 cm³/mol. The van der Waals surface area contributed by atoms with Gasteiger partial charge in [0, 0.05) is 12.6 Å². The molecule has 1 saturated heterocycles. The van der Waals surface area contributed by atoms with E-state index in [9.17, 15) is 0 Å². The van der Waals surface area contributed by atoms with Crippen LogP contribution in [0.15, 0.2) is 0 Å². The first-order chi connectivity index (χ1) is 6.80. The topological polar surface area (TPSA) is 15.3 Å². The van der Waals surface area contributed by atoms with E-state index in [-0.39, 0.29) is 0 Å². The van der Waals surface area contributed by atoms with Crippen LogP contribution >= 0.6 is 0 Å². The van der Waals surface area contributed by atoms with E-state index in [0.717, 1.165) is 17.4 Å². The molecule has 3 rings (SSSR count). The van der Waals surface area contributed by atoms with Crippen LogP contribution in [0.1, 0.15) is 32.1 Å². The van der Waals surface area contributed by atoms with Gasteiger partial charge in [0.15, 0.2) is 0 Å². The lowest BCUT2D eigenvalue weighted by Gasteiger charge is -2.25. The van der Waals surface area contributed by atoms with E-state index in [4.69, 9.17) is 0 Å². The predicted octanol–water partition coefficient (Wildman–Crippen LogP) is 1.47. The van der Waals surface area contributed by atoms with Crippen LogP contribution in [0.2, 0.25) is 0 Å². The molecular formula is C12H22N2. The number of rotatable bonds is 3. The molecule has 0 aromatic rings. The van der Waals surface area contributed by atoms with Gasteiger partial charge in [0.1, 0.15) is 0 Å². The zero-order valence-corrected chi connectivity index (χ0v) is 9.26. The summed E-state index contributed by atoms with van der Waals surface area (Å²) < 4.78 is 0. The van der Waals surface area contributed by atoms with Crippen molar-refractivity contribution in [2.24, 2.45) is 11.3 Å². The van der Waals surface area contributed by atoms with Gasteiger partial charge < -0.3 is 10.2 Å². The first-order valence-electron chi connectivity index (χ1n) is 6.21. The molecule has 0 radical (unpaired) electrons. The zero-order chi connectivity index (χ0) is 9.60. The summed E-state index contributed by atoms with van der Waals surface area (Å²) in [6.07, 6.45) is 7.31. The standard InChI is InChI=1S/C12H22N2/c1-14(11-2-3-11)9-10-8-12(10)4-6-13-7-5-12/h10-11,13H,2-9H2,1H3/t10-/m1/s1. The molecule has 1 N–H and O–H groups in total. The van der Waals surface area contributed by atoms with Gasteiger partial charge in [0.2, 0.25) is 0 Å². The maximum absolute atomic E-state index is 3.48. The van der Waals surface area contributed by atoms with E-state index in [1.54, 1.807) is 0 Å². The molecule has 0 unspecified atom stereocenters. The van der Waals surface area contributed by atoms with Crippen molar-refractivity contribution in [3.05, 3.63) is 0 Å². The molecule has 0 amide bonds. The Morgan fingerprint density at radius 1 is 1.29 bits per heavy atom. The van der Waals surface area contributed by atoms with Gasteiger partial charge >= 0.3 is 0 Å². The second-order valence-electron chi connectivity index (χ2n) is 5.68. The van der Waals surface area contributed by atoms with Crippen molar-refractivity contribution in [2.75, 3.05) is 26.7 Å². The van der Waals surface area contributed by atoms with Crippen LogP contribution in [0.25, 0.3) is 0 Å². The normalized spacial score (nSPS) is 35.1. The molecule has 1 aliphatic heterocycles. The molecule has 0 bridgehead atoms. The Hall–Kier alpha value is -0.0800. The first-order valence-corrected chi connectivity index (χ1v) is 6.21. The molecule has 0 aromatic heterocycles. The van der Waals surface area contributed by atoms with Gasteiger partial charge in [-0.15, -0.1) is 0 Å². The fourth-order valence-corrected chi connectivity index (χ4v) is 3.24. The lowest BCUT2D eigenvalue weighted by atomic mass is 9.92. The lowest BCUT2D eigenvalue weighted by Crippen LogP contribution is -2.32. The molecule has 0 aromatic carbocycles. The van der Waals surface area contributed by atoms with E-state index < -0.39 is 0 Å². The van der Waals surface area contributed by atoms with Crippen LogP contribution in [0.4, 0.5) is 0 Å². The second kappa shape index (κ2) is 3.21. The largest absolute Gasteiger partial charge is 0.317 e. The molecule has 1 spiro atoms.